The Morgan fingerprint density at radius 3 is 2.52 bits per heavy atom. The van der Waals surface area contributed by atoms with Crippen LogP contribution in [0.4, 0.5) is 11.5 Å². The molecule has 9 heteroatoms. The number of thioether (sulfide) groups is 1. The van der Waals surface area contributed by atoms with Crippen LogP contribution in [0, 0.1) is 10.1 Å². The second kappa shape index (κ2) is 10.1. The van der Waals surface area contributed by atoms with Crippen LogP contribution in [0.1, 0.15) is 18.4 Å². The van der Waals surface area contributed by atoms with Gasteiger partial charge in [0.15, 0.2) is 10.9 Å². The smallest absolute Gasteiger partial charge is 0.337 e. The van der Waals surface area contributed by atoms with Gasteiger partial charge in [0.2, 0.25) is 5.82 Å². The van der Waals surface area contributed by atoms with E-state index >= 15 is 0 Å². The number of benzene rings is 2. The van der Waals surface area contributed by atoms with Crippen molar-refractivity contribution in [3.63, 3.8) is 0 Å². The molecule has 3 aromatic rings. The van der Waals surface area contributed by atoms with Crippen LogP contribution < -0.4 is 5.32 Å². The molecule has 0 unspecified atom stereocenters. The van der Waals surface area contributed by atoms with Crippen molar-refractivity contribution in [1.82, 2.24) is 9.97 Å². The fourth-order valence-corrected chi connectivity index (χ4v) is 4.40. The first-order valence-corrected chi connectivity index (χ1v) is 11.3. The van der Waals surface area contributed by atoms with Gasteiger partial charge in [-0.25, -0.2) is 4.98 Å². The number of aromatic nitrogens is 2. The molecule has 0 spiro atoms. The maximum Gasteiger partial charge on any atom is 0.337 e. The van der Waals surface area contributed by atoms with E-state index in [1.807, 2.05) is 30.3 Å². The lowest BCUT2D eigenvalue weighted by Gasteiger charge is -2.24. The number of ether oxygens (including phenoxy) is 1. The lowest BCUT2D eigenvalue weighted by atomic mass is 10.1. The van der Waals surface area contributed by atoms with E-state index in [1.165, 1.54) is 11.8 Å². The molecule has 1 N–H and O–H groups in total. The SMILES string of the molecule is O=[N+]([O-])c1c(NC2CCOCC2)nc(SCc2ccccc2)nc1-c1ccccc1Cl. The van der Waals surface area contributed by atoms with Gasteiger partial charge in [0.25, 0.3) is 0 Å². The molecular weight excluding hydrogens is 436 g/mol. The Bertz CT molecular complexity index is 1060. The normalized spacial score (nSPS) is 14.4. The van der Waals surface area contributed by atoms with Crippen molar-refractivity contribution >= 4 is 34.9 Å². The molecule has 0 radical (unpaired) electrons. The highest BCUT2D eigenvalue weighted by atomic mass is 35.5. The van der Waals surface area contributed by atoms with Crippen molar-refractivity contribution < 1.29 is 9.66 Å². The summed E-state index contributed by atoms with van der Waals surface area (Å²) in [6, 6.07) is 17.0. The summed E-state index contributed by atoms with van der Waals surface area (Å²) in [5.74, 6) is 0.870. The minimum Gasteiger partial charge on any atom is -0.381 e. The predicted molar refractivity (Wildman–Crippen MR) is 123 cm³/mol. The number of anilines is 1. The quantitative estimate of drug-likeness (QED) is 0.214. The van der Waals surface area contributed by atoms with Crippen LogP contribution in [-0.2, 0) is 10.5 Å². The predicted octanol–water partition coefficient (Wildman–Crippen LogP) is 5.59. The second-order valence-electron chi connectivity index (χ2n) is 7.09. The standard InChI is InChI=1S/C22H21ClN4O3S/c23-18-9-5-4-8-17(18)19-20(27(28)29)21(24-16-10-12-30-13-11-16)26-22(25-19)31-14-15-6-2-1-3-7-15/h1-9,16H,10-14H2,(H,24,25,26). The Morgan fingerprint density at radius 2 is 1.81 bits per heavy atom. The average molecular weight is 457 g/mol. The van der Waals surface area contributed by atoms with Gasteiger partial charge >= 0.3 is 5.69 Å². The van der Waals surface area contributed by atoms with Gasteiger partial charge < -0.3 is 10.1 Å². The molecule has 160 valence electrons. The van der Waals surface area contributed by atoms with Crippen molar-refractivity contribution in [2.75, 3.05) is 18.5 Å². The van der Waals surface area contributed by atoms with Crippen LogP contribution >= 0.6 is 23.4 Å². The van der Waals surface area contributed by atoms with Gasteiger partial charge in [-0.15, -0.1) is 0 Å². The molecule has 1 saturated heterocycles. The largest absolute Gasteiger partial charge is 0.381 e. The van der Waals surface area contributed by atoms with Crippen molar-refractivity contribution in [2.45, 2.75) is 29.8 Å². The fraction of sp³-hybridized carbons (Fsp3) is 0.273. The highest BCUT2D eigenvalue weighted by molar-refractivity contribution is 7.98. The Morgan fingerprint density at radius 1 is 1.10 bits per heavy atom. The number of nitro groups is 1. The zero-order chi connectivity index (χ0) is 21.6. The number of nitrogens with zero attached hydrogens (tertiary/aromatic N) is 3. The topological polar surface area (TPSA) is 90.2 Å². The maximum atomic E-state index is 12.1. The molecule has 0 amide bonds. The molecule has 0 aliphatic carbocycles. The van der Waals surface area contributed by atoms with Crippen molar-refractivity contribution in [1.29, 1.82) is 0 Å². The van der Waals surface area contributed by atoms with E-state index < -0.39 is 4.92 Å². The molecule has 7 nitrogen and oxygen atoms in total. The summed E-state index contributed by atoms with van der Waals surface area (Å²) in [4.78, 5) is 20.7. The van der Waals surface area contributed by atoms with Crippen molar-refractivity contribution in [3.8, 4) is 11.3 Å². The van der Waals surface area contributed by atoms with Gasteiger partial charge in [-0.2, -0.15) is 4.98 Å². The van der Waals surface area contributed by atoms with Gasteiger partial charge in [0, 0.05) is 30.6 Å². The van der Waals surface area contributed by atoms with Crippen LogP contribution in [0.5, 0.6) is 0 Å². The van der Waals surface area contributed by atoms with Gasteiger partial charge in [0.05, 0.1) is 9.95 Å². The first-order valence-electron chi connectivity index (χ1n) is 9.94. The van der Waals surface area contributed by atoms with E-state index in [0.717, 1.165) is 18.4 Å². The van der Waals surface area contributed by atoms with Crippen molar-refractivity contribution in [3.05, 3.63) is 75.3 Å². The molecule has 2 aromatic carbocycles. The van der Waals surface area contributed by atoms with E-state index in [9.17, 15) is 10.1 Å². The Labute approximate surface area is 189 Å². The molecule has 4 rings (SSSR count). The summed E-state index contributed by atoms with van der Waals surface area (Å²) >= 11 is 7.81. The molecule has 1 aliphatic heterocycles. The zero-order valence-electron chi connectivity index (χ0n) is 16.7. The minimum atomic E-state index is -0.439. The number of halogens is 1. The van der Waals surface area contributed by atoms with E-state index in [1.54, 1.807) is 24.3 Å². The molecule has 0 atom stereocenters. The van der Waals surface area contributed by atoms with Crippen LogP contribution in [-0.4, -0.2) is 34.1 Å². The van der Waals surface area contributed by atoms with Crippen LogP contribution in [0.15, 0.2) is 59.8 Å². The zero-order valence-corrected chi connectivity index (χ0v) is 18.2. The monoisotopic (exact) mass is 456 g/mol. The number of rotatable bonds is 7. The fourth-order valence-electron chi connectivity index (χ4n) is 3.37. The Kier molecular flexibility index (Phi) is 7.01. The molecular formula is C22H21ClN4O3S. The number of nitrogens with one attached hydrogen (secondary N) is 1. The minimum absolute atomic E-state index is 0.0495. The summed E-state index contributed by atoms with van der Waals surface area (Å²) in [6.07, 6.45) is 1.52. The van der Waals surface area contributed by atoms with Crippen LogP contribution in [0.2, 0.25) is 5.02 Å². The second-order valence-corrected chi connectivity index (χ2v) is 8.44. The highest BCUT2D eigenvalue weighted by Crippen LogP contribution is 2.39. The third-order valence-corrected chi connectivity index (χ3v) is 6.20. The van der Waals surface area contributed by atoms with Crippen LogP contribution in [0.3, 0.4) is 0 Å². The maximum absolute atomic E-state index is 12.1. The summed E-state index contributed by atoms with van der Waals surface area (Å²) in [5, 5.41) is 16.2. The van der Waals surface area contributed by atoms with Crippen molar-refractivity contribution in [2.24, 2.45) is 0 Å². The Balaban J connectivity index is 1.76. The van der Waals surface area contributed by atoms with Gasteiger partial charge in [-0.05, 0) is 24.5 Å². The first-order chi connectivity index (χ1) is 15.1. The third-order valence-electron chi connectivity index (χ3n) is 4.95. The first kappa shape index (κ1) is 21.5. The van der Waals surface area contributed by atoms with Gasteiger partial charge in [-0.3, -0.25) is 10.1 Å². The molecule has 31 heavy (non-hydrogen) atoms. The van der Waals surface area contributed by atoms with E-state index in [4.69, 9.17) is 16.3 Å². The molecule has 0 saturated carbocycles. The molecule has 1 aromatic heterocycles. The van der Waals surface area contributed by atoms with Gasteiger partial charge in [0.1, 0.15) is 0 Å². The van der Waals surface area contributed by atoms with E-state index in [2.05, 4.69) is 15.3 Å². The molecule has 0 bridgehead atoms. The summed E-state index contributed by atoms with van der Waals surface area (Å²) in [7, 11) is 0. The highest BCUT2D eigenvalue weighted by Gasteiger charge is 2.29. The molecule has 1 aliphatic rings. The number of hydrogen-bond donors (Lipinski definition) is 1. The summed E-state index contributed by atoms with van der Waals surface area (Å²) in [5.41, 5.74) is 1.68. The molecule has 1 fully saturated rings. The van der Waals surface area contributed by atoms with E-state index in [0.29, 0.717) is 34.7 Å². The molecule has 2 heterocycles. The number of hydrogen-bond acceptors (Lipinski definition) is 7. The lowest BCUT2D eigenvalue weighted by Crippen LogP contribution is -2.28. The Hall–Kier alpha value is -2.68. The lowest BCUT2D eigenvalue weighted by molar-refractivity contribution is -0.383. The van der Waals surface area contributed by atoms with Gasteiger partial charge in [-0.1, -0.05) is 71.9 Å². The average Bonchev–Trinajstić information content (AvgIpc) is 2.79. The van der Waals surface area contributed by atoms with E-state index in [-0.39, 0.29) is 23.2 Å². The summed E-state index contributed by atoms with van der Waals surface area (Å²) < 4.78 is 5.41. The van der Waals surface area contributed by atoms with Crippen LogP contribution in [0.25, 0.3) is 11.3 Å². The third kappa shape index (κ3) is 5.33. The summed E-state index contributed by atoms with van der Waals surface area (Å²) in [6.45, 7) is 1.23.